The van der Waals surface area contributed by atoms with Gasteiger partial charge in [0.2, 0.25) is 0 Å². The molecule has 0 fully saturated rings. The smallest absolute Gasteiger partial charge is 0.544 e. The molecule has 0 aromatic carbocycles. The van der Waals surface area contributed by atoms with Crippen LogP contribution in [0.4, 0.5) is 30.7 Å². The topological polar surface area (TPSA) is 49.4 Å². The van der Waals surface area contributed by atoms with Crippen LogP contribution in [0.1, 0.15) is 0 Å². The number of carbonyl (C=O) groups excluding carboxylic acids is 1. The minimum atomic E-state index is -6.16. The third kappa shape index (κ3) is 5.27. The summed E-state index contributed by atoms with van der Waals surface area (Å²) in [6, 6.07) is 0. The fraction of sp³-hybridized carbons (Fsp3) is 0.800. The van der Waals surface area contributed by atoms with Crippen molar-refractivity contribution in [3.05, 3.63) is 0 Å². The van der Waals surface area contributed by atoms with E-state index < -0.39 is 30.8 Å². The largest absolute Gasteiger partial charge is 1.00 e. The van der Waals surface area contributed by atoms with Gasteiger partial charge >= 0.3 is 69.6 Å². The Balaban J connectivity index is 0. The monoisotopic (exact) mass is 282 g/mol. The summed E-state index contributed by atoms with van der Waals surface area (Å²) in [6.07, 6.45) is -11.4. The predicted octanol–water partition coefficient (Wildman–Crippen LogP) is -2.45. The van der Waals surface area contributed by atoms with E-state index in [2.05, 4.69) is 4.74 Å². The summed E-state index contributed by atoms with van der Waals surface area (Å²) in [5.41, 5.74) is 0. The first-order valence-electron chi connectivity index (χ1n) is 3.08. The summed E-state index contributed by atoms with van der Waals surface area (Å²) in [4.78, 5) is 9.69. The number of carboxylic acid groups (broad SMARTS) is 1. The standard InChI is InChI=1S/C5H3F7O3.K/c6-3(7,8)1-15-4(9,2(13)14)5(10,11)12;/h1H2,(H,13,14);/q;+1/p-1. The number of rotatable bonds is 3. The van der Waals surface area contributed by atoms with E-state index >= 15 is 0 Å². The van der Waals surface area contributed by atoms with Gasteiger partial charge in [-0.2, -0.15) is 30.7 Å². The molecule has 0 N–H and O–H groups in total. The second-order valence-electron chi connectivity index (χ2n) is 2.28. The van der Waals surface area contributed by atoms with E-state index in [9.17, 15) is 40.6 Å². The molecule has 0 aliphatic rings. The summed E-state index contributed by atoms with van der Waals surface area (Å²) in [7, 11) is 0. The average Bonchev–Trinajstić information content (AvgIpc) is 1.95. The maximum Gasteiger partial charge on any atom is 1.00 e. The Morgan fingerprint density at radius 2 is 1.44 bits per heavy atom. The molecular formula is C5H2F7KO3. The molecule has 11 heteroatoms. The molecule has 0 aliphatic carbocycles. The van der Waals surface area contributed by atoms with E-state index in [1.165, 1.54) is 0 Å². The van der Waals surface area contributed by atoms with Gasteiger partial charge < -0.3 is 14.6 Å². The van der Waals surface area contributed by atoms with Crippen LogP contribution < -0.4 is 56.5 Å². The van der Waals surface area contributed by atoms with Gasteiger partial charge in [-0.1, -0.05) is 0 Å². The first-order valence-corrected chi connectivity index (χ1v) is 3.08. The SMILES string of the molecule is O=C([O-])C(F)(OCC(F)(F)F)C(F)(F)F.[K+]. The van der Waals surface area contributed by atoms with E-state index in [0.717, 1.165) is 0 Å². The van der Waals surface area contributed by atoms with Gasteiger partial charge in [0.25, 0.3) is 0 Å². The van der Waals surface area contributed by atoms with E-state index in [-0.39, 0.29) is 51.4 Å². The summed E-state index contributed by atoms with van der Waals surface area (Å²) in [5.74, 6) is -8.91. The second-order valence-corrected chi connectivity index (χ2v) is 2.28. The minimum absolute atomic E-state index is 0. The Bertz CT molecular complexity index is 249. The molecule has 0 aromatic heterocycles. The first-order chi connectivity index (χ1) is 6.40. The van der Waals surface area contributed by atoms with Crippen molar-refractivity contribution in [2.24, 2.45) is 0 Å². The molecule has 0 rings (SSSR count). The van der Waals surface area contributed by atoms with Crippen LogP contribution in [0.15, 0.2) is 0 Å². The van der Waals surface area contributed by atoms with Crippen molar-refractivity contribution in [3.63, 3.8) is 0 Å². The maximum absolute atomic E-state index is 12.4. The predicted molar refractivity (Wildman–Crippen MR) is 26.9 cm³/mol. The quantitative estimate of drug-likeness (QED) is 0.426. The average molecular weight is 282 g/mol. The zero-order valence-electron chi connectivity index (χ0n) is 7.58. The third-order valence-corrected chi connectivity index (χ3v) is 1.06. The van der Waals surface area contributed by atoms with Gasteiger partial charge in [-0.15, -0.1) is 0 Å². The van der Waals surface area contributed by atoms with Crippen LogP contribution in [-0.2, 0) is 9.53 Å². The Morgan fingerprint density at radius 1 is 1.06 bits per heavy atom. The molecule has 1 atom stereocenters. The van der Waals surface area contributed by atoms with E-state index in [1.807, 2.05) is 0 Å². The number of ether oxygens (including phenoxy) is 1. The van der Waals surface area contributed by atoms with Crippen molar-refractivity contribution >= 4 is 5.97 Å². The van der Waals surface area contributed by atoms with Crippen LogP contribution in [0.2, 0.25) is 0 Å². The molecule has 0 saturated heterocycles. The molecule has 0 radical (unpaired) electrons. The van der Waals surface area contributed by atoms with Crippen molar-refractivity contribution in [1.29, 1.82) is 0 Å². The molecule has 90 valence electrons. The molecule has 0 aliphatic heterocycles. The molecule has 1 unspecified atom stereocenters. The molecule has 0 heterocycles. The van der Waals surface area contributed by atoms with Crippen LogP contribution >= 0.6 is 0 Å². The van der Waals surface area contributed by atoms with Gasteiger partial charge in [0.05, 0.1) is 0 Å². The summed E-state index contributed by atoms with van der Waals surface area (Å²) in [6.45, 7) is -2.70. The van der Waals surface area contributed by atoms with Crippen molar-refractivity contribution in [1.82, 2.24) is 0 Å². The number of carbonyl (C=O) groups is 1. The molecule has 16 heavy (non-hydrogen) atoms. The molecule has 0 spiro atoms. The van der Waals surface area contributed by atoms with E-state index in [4.69, 9.17) is 0 Å². The molecule has 0 saturated carbocycles. The number of aliphatic carboxylic acids is 1. The molecule has 0 amide bonds. The number of halogens is 7. The molecular weight excluding hydrogens is 280 g/mol. The summed E-state index contributed by atoms with van der Waals surface area (Å²) in [5, 5.41) is 9.69. The van der Waals surface area contributed by atoms with Crippen LogP contribution in [0.5, 0.6) is 0 Å². The van der Waals surface area contributed by atoms with Crippen molar-refractivity contribution in [2.75, 3.05) is 6.61 Å². The zero-order chi connectivity index (χ0) is 12.5. The van der Waals surface area contributed by atoms with Crippen molar-refractivity contribution in [3.8, 4) is 0 Å². The van der Waals surface area contributed by atoms with E-state index in [0.29, 0.717) is 0 Å². The number of hydrogen-bond donors (Lipinski definition) is 0. The van der Waals surface area contributed by atoms with Crippen LogP contribution in [-0.4, -0.2) is 30.8 Å². The fourth-order valence-electron chi connectivity index (χ4n) is 0.438. The summed E-state index contributed by atoms with van der Waals surface area (Å²) >= 11 is 0. The Kier molecular flexibility index (Phi) is 7.04. The Hall–Kier alpha value is 0.576. The zero-order valence-corrected chi connectivity index (χ0v) is 10.7. The van der Waals surface area contributed by atoms with Crippen molar-refractivity contribution in [2.45, 2.75) is 18.2 Å². The van der Waals surface area contributed by atoms with Crippen molar-refractivity contribution < 1.29 is 96.8 Å². The van der Waals surface area contributed by atoms with Gasteiger partial charge in [-0.3, -0.25) is 0 Å². The van der Waals surface area contributed by atoms with Crippen LogP contribution in [0, 0.1) is 0 Å². The molecule has 0 bridgehead atoms. The summed E-state index contributed by atoms with van der Waals surface area (Å²) < 4.78 is 84.1. The first kappa shape index (κ1) is 18.9. The number of carboxylic acids is 1. The van der Waals surface area contributed by atoms with E-state index in [1.54, 1.807) is 0 Å². The minimum Gasteiger partial charge on any atom is -0.544 e. The molecule has 0 aromatic rings. The van der Waals surface area contributed by atoms with Gasteiger partial charge in [0.15, 0.2) is 0 Å². The van der Waals surface area contributed by atoms with Crippen LogP contribution in [0.25, 0.3) is 0 Å². The molecule has 3 nitrogen and oxygen atoms in total. The second kappa shape index (κ2) is 5.95. The van der Waals surface area contributed by atoms with Gasteiger partial charge in [0, 0.05) is 0 Å². The Labute approximate surface area is 126 Å². The number of alkyl halides is 7. The van der Waals surface area contributed by atoms with Gasteiger partial charge in [-0.25, -0.2) is 0 Å². The Morgan fingerprint density at radius 3 is 1.62 bits per heavy atom. The van der Waals surface area contributed by atoms with Gasteiger partial charge in [-0.05, 0) is 0 Å². The number of hydrogen-bond acceptors (Lipinski definition) is 3. The third-order valence-electron chi connectivity index (χ3n) is 1.06. The maximum atomic E-state index is 12.4. The van der Waals surface area contributed by atoms with Gasteiger partial charge in [0.1, 0.15) is 12.6 Å². The normalized spacial score (nSPS) is 16.2. The fourth-order valence-corrected chi connectivity index (χ4v) is 0.438. The van der Waals surface area contributed by atoms with Crippen LogP contribution in [0.3, 0.4) is 0 Å².